The van der Waals surface area contributed by atoms with Crippen molar-refractivity contribution in [1.82, 2.24) is 9.78 Å². The molecule has 0 radical (unpaired) electrons. The number of aryl methyl sites for hydroxylation is 2. The van der Waals surface area contributed by atoms with Gasteiger partial charge in [0.05, 0.1) is 24.1 Å². The zero-order chi connectivity index (χ0) is 15.8. The molecular formula is C11H12ClN3O4S2. The van der Waals surface area contributed by atoms with Crippen LogP contribution in [0.2, 0.25) is 5.15 Å². The third kappa shape index (κ3) is 2.89. The van der Waals surface area contributed by atoms with Crippen LogP contribution in [0, 0.1) is 6.92 Å². The highest BCUT2D eigenvalue weighted by molar-refractivity contribution is 7.93. The number of thiophene rings is 1. The van der Waals surface area contributed by atoms with Crippen molar-refractivity contribution in [2.24, 2.45) is 7.05 Å². The number of nitrogens with one attached hydrogen (secondary N) is 1. The normalized spacial score (nSPS) is 11.4. The number of ether oxygens (including phenoxy) is 1. The molecule has 0 saturated heterocycles. The number of esters is 1. The van der Waals surface area contributed by atoms with E-state index < -0.39 is 16.0 Å². The minimum absolute atomic E-state index is 0.00477. The van der Waals surface area contributed by atoms with E-state index in [0.29, 0.717) is 0 Å². The first kappa shape index (κ1) is 15.8. The molecule has 21 heavy (non-hydrogen) atoms. The molecule has 2 rings (SSSR count). The monoisotopic (exact) mass is 349 g/mol. The Kier molecular flexibility index (Phi) is 4.26. The Morgan fingerprint density at radius 2 is 2.14 bits per heavy atom. The second kappa shape index (κ2) is 5.66. The summed E-state index contributed by atoms with van der Waals surface area (Å²) in [5.74, 6) is -0.622. The summed E-state index contributed by atoms with van der Waals surface area (Å²) in [6.45, 7) is 1.54. The number of methoxy groups -OCH3 is 1. The number of halogens is 1. The molecule has 0 aromatic carbocycles. The Morgan fingerprint density at radius 1 is 1.48 bits per heavy atom. The van der Waals surface area contributed by atoms with E-state index in [4.69, 9.17) is 11.6 Å². The summed E-state index contributed by atoms with van der Waals surface area (Å²) in [7, 11) is -1.19. The van der Waals surface area contributed by atoms with Gasteiger partial charge in [0, 0.05) is 17.8 Å². The van der Waals surface area contributed by atoms with Crippen molar-refractivity contribution in [1.29, 1.82) is 0 Å². The van der Waals surface area contributed by atoms with Gasteiger partial charge in [0.2, 0.25) is 0 Å². The first-order valence-corrected chi connectivity index (χ1v) is 8.44. The van der Waals surface area contributed by atoms with Crippen LogP contribution in [0.3, 0.4) is 0 Å². The van der Waals surface area contributed by atoms with E-state index in [-0.39, 0.29) is 27.0 Å². The first-order valence-electron chi connectivity index (χ1n) is 5.64. The molecule has 2 aromatic heterocycles. The van der Waals surface area contributed by atoms with Crippen molar-refractivity contribution < 1.29 is 17.9 Å². The zero-order valence-electron chi connectivity index (χ0n) is 11.4. The smallest absolute Gasteiger partial charge is 0.340 e. The van der Waals surface area contributed by atoms with Gasteiger partial charge in [-0.05, 0) is 6.92 Å². The molecule has 1 N–H and O–H groups in total. The molecule has 2 aromatic rings. The molecule has 0 amide bonds. The minimum Gasteiger partial charge on any atom is -0.465 e. The number of anilines is 1. The van der Waals surface area contributed by atoms with Crippen LogP contribution in [0.15, 0.2) is 15.7 Å². The van der Waals surface area contributed by atoms with Crippen molar-refractivity contribution in [3.05, 3.63) is 27.2 Å². The summed E-state index contributed by atoms with van der Waals surface area (Å²) >= 11 is 7.14. The van der Waals surface area contributed by atoms with Crippen molar-refractivity contribution >= 4 is 44.6 Å². The van der Waals surface area contributed by atoms with E-state index in [9.17, 15) is 13.2 Å². The van der Waals surface area contributed by atoms with Gasteiger partial charge in [-0.1, -0.05) is 11.6 Å². The standard InChI is InChI=1S/C11H12ClN3O4S2/c1-6-9(10(12)15(2)13-6)21(17,18)14-8-5-20-4-7(8)11(16)19-3/h4-5,14H,1-3H3. The maximum Gasteiger partial charge on any atom is 0.340 e. The lowest BCUT2D eigenvalue weighted by Gasteiger charge is -2.08. The summed E-state index contributed by atoms with van der Waals surface area (Å²) < 4.78 is 33.0. The minimum atomic E-state index is -3.95. The molecule has 2 heterocycles. The number of sulfonamides is 1. The van der Waals surface area contributed by atoms with Gasteiger partial charge in [-0.25, -0.2) is 13.2 Å². The van der Waals surface area contributed by atoms with Crippen LogP contribution in [0.5, 0.6) is 0 Å². The van der Waals surface area contributed by atoms with Gasteiger partial charge in [-0.15, -0.1) is 11.3 Å². The largest absolute Gasteiger partial charge is 0.465 e. The first-order chi connectivity index (χ1) is 9.77. The fourth-order valence-electron chi connectivity index (χ4n) is 1.76. The molecule has 0 aliphatic carbocycles. The Hall–Kier alpha value is -1.58. The van der Waals surface area contributed by atoms with Crippen LogP contribution in [0.4, 0.5) is 5.69 Å². The van der Waals surface area contributed by atoms with Gasteiger partial charge >= 0.3 is 5.97 Å². The summed E-state index contributed by atoms with van der Waals surface area (Å²) in [5.41, 5.74) is 0.555. The van der Waals surface area contributed by atoms with Gasteiger partial charge in [-0.2, -0.15) is 5.10 Å². The summed E-state index contributed by atoms with van der Waals surface area (Å²) in [4.78, 5) is 11.4. The Balaban J connectivity index is 2.43. The van der Waals surface area contributed by atoms with Crippen LogP contribution in [0.25, 0.3) is 0 Å². The average Bonchev–Trinajstić information content (AvgIpc) is 2.93. The van der Waals surface area contributed by atoms with Gasteiger partial charge in [0.1, 0.15) is 10.0 Å². The van der Waals surface area contributed by atoms with E-state index in [0.717, 1.165) is 0 Å². The third-order valence-electron chi connectivity index (χ3n) is 2.68. The molecule has 0 aliphatic rings. The lowest BCUT2D eigenvalue weighted by molar-refractivity contribution is 0.0602. The number of hydrogen-bond donors (Lipinski definition) is 1. The Labute approximate surface area is 130 Å². The Bertz CT molecular complexity index is 794. The topological polar surface area (TPSA) is 90.3 Å². The molecule has 7 nitrogen and oxygen atoms in total. The van der Waals surface area contributed by atoms with Gasteiger partial charge in [-0.3, -0.25) is 9.40 Å². The molecular weight excluding hydrogens is 338 g/mol. The maximum absolute atomic E-state index is 12.4. The summed E-state index contributed by atoms with van der Waals surface area (Å²) in [6, 6.07) is 0. The van der Waals surface area contributed by atoms with Gasteiger partial charge < -0.3 is 4.74 Å². The molecule has 0 saturated carbocycles. The average molecular weight is 350 g/mol. The van der Waals surface area contributed by atoms with Crippen molar-refractivity contribution in [2.45, 2.75) is 11.8 Å². The van der Waals surface area contributed by atoms with Crippen LogP contribution in [-0.4, -0.2) is 31.3 Å². The molecule has 10 heteroatoms. The predicted molar refractivity (Wildman–Crippen MR) is 79.4 cm³/mol. The summed E-state index contributed by atoms with van der Waals surface area (Å²) in [5, 5.41) is 6.96. The van der Waals surface area contributed by atoms with Crippen LogP contribution in [-0.2, 0) is 21.8 Å². The molecule has 0 fully saturated rings. The van der Waals surface area contributed by atoms with E-state index in [1.807, 2.05) is 0 Å². The number of rotatable bonds is 4. The zero-order valence-corrected chi connectivity index (χ0v) is 13.8. The highest BCUT2D eigenvalue weighted by Crippen LogP contribution is 2.29. The number of carbonyl (C=O) groups excluding carboxylic acids is 1. The van der Waals surface area contributed by atoms with Crippen molar-refractivity contribution in [3.63, 3.8) is 0 Å². The molecule has 0 spiro atoms. The highest BCUT2D eigenvalue weighted by Gasteiger charge is 2.27. The molecule has 114 valence electrons. The number of aromatic nitrogens is 2. The second-order valence-corrected chi connectivity index (χ2v) is 6.85. The highest BCUT2D eigenvalue weighted by atomic mass is 35.5. The van der Waals surface area contributed by atoms with E-state index in [1.54, 1.807) is 7.05 Å². The fourth-order valence-corrected chi connectivity index (χ4v) is 4.40. The molecule has 0 atom stereocenters. The number of hydrogen-bond acceptors (Lipinski definition) is 6. The van der Waals surface area contributed by atoms with Gasteiger partial charge in [0.25, 0.3) is 10.0 Å². The maximum atomic E-state index is 12.4. The summed E-state index contributed by atoms with van der Waals surface area (Å²) in [6.07, 6.45) is 0. The lowest BCUT2D eigenvalue weighted by Crippen LogP contribution is -2.16. The van der Waals surface area contributed by atoms with Gasteiger partial charge in [0.15, 0.2) is 0 Å². The van der Waals surface area contributed by atoms with E-state index in [2.05, 4.69) is 14.6 Å². The Morgan fingerprint density at radius 3 is 2.67 bits per heavy atom. The predicted octanol–water partition coefficient (Wildman–Crippen LogP) is 2.03. The SMILES string of the molecule is COC(=O)c1cscc1NS(=O)(=O)c1c(C)nn(C)c1Cl. The number of carbonyl (C=O) groups is 1. The third-order valence-corrected chi connectivity index (χ3v) is 5.48. The van der Waals surface area contributed by atoms with Crippen molar-refractivity contribution in [2.75, 3.05) is 11.8 Å². The van der Waals surface area contributed by atoms with Crippen LogP contribution < -0.4 is 4.72 Å². The second-order valence-electron chi connectivity index (χ2n) is 4.13. The lowest BCUT2D eigenvalue weighted by atomic mass is 10.3. The van der Waals surface area contributed by atoms with Crippen LogP contribution >= 0.6 is 22.9 Å². The molecule has 0 unspecified atom stereocenters. The van der Waals surface area contributed by atoms with Crippen LogP contribution in [0.1, 0.15) is 16.1 Å². The van der Waals surface area contributed by atoms with Crippen molar-refractivity contribution in [3.8, 4) is 0 Å². The fraction of sp³-hybridized carbons (Fsp3) is 0.273. The molecule has 0 aliphatic heterocycles. The number of nitrogens with zero attached hydrogens (tertiary/aromatic N) is 2. The van der Waals surface area contributed by atoms with E-state index in [1.165, 1.54) is 40.8 Å². The quantitative estimate of drug-likeness (QED) is 0.853. The van der Waals surface area contributed by atoms with E-state index >= 15 is 0 Å². The molecule has 0 bridgehead atoms.